The summed E-state index contributed by atoms with van der Waals surface area (Å²) >= 11 is 5.10. The van der Waals surface area contributed by atoms with Crippen LogP contribution >= 0.6 is 12.2 Å². The topological polar surface area (TPSA) is 46.0 Å². The molecular weight excluding hydrogens is 232 g/mol. The molecule has 17 heavy (non-hydrogen) atoms. The van der Waals surface area contributed by atoms with E-state index in [1.54, 1.807) is 0 Å². The van der Waals surface area contributed by atoms with Crippen LogP contribution in [0.3, 0.4) is 0 Å². The molecule has 0 bridgehead atoms. The number of nitrogens with zero attached hydrogens (tertiary/aromatic N) is 3. The van der Waals surface area contributed by atoms with Crippen molar-refractivity contribution in [2.24, 2.45) is 0 Å². The molecule has 0 saturated carbocycles. The number of aryl methyl sites for hydroxylation is 1. The van der Waals surface area contributed by atoms with E-state index in [-0.39, 0.29) is 0 Å². The monoisotopic (exact) mass is 244 g/mol. The van der Waals surface area contributed by atoms with E-state index in [9.17, 15) is 0 Å². The first-order chi connectivity index (χ1) is 8.29. The number of para-hydroxylation sites is 1. The Balaban J connectivity index is 2.49. The molecule has 0 aliphatic carbocycles. The van der Waals surface area contributed by atoms with Gasteiger partial charge in [0.05, 0.1) is 5.52 Å². The fourth-order valence-electron chi connectivity index (χ4n) is 2.03. The van der Waals surface area contributed by atoms with E-state index >= 15 is 0 Å². The number of aromatic amines is 1. The van der Waals surface area contributed by atoms with E-state index in [1.807, 2.05) is 28.8 Å². The lowest BCUT2D eigenvalue weighted by molar-refractivity contribution is 0.768. The van der Waals surface area contributed by atoms with Crippen LogP contribution in [-0.4, -0.2) is 19.6 Å². The van der Waals surface area contributed by atoms with Crippen molar-refractivity contribution < 1.29 is 0 Å². The van der Waals surface area contributed by atoms with Crippen molar-refractivity contribution in [1.82, 2.24) is 19.6 Å². The van der Waals surface area contributed by atoms with E-state index in [2.05, 4.69) is 22.0 Å². The predicted molar refractivity (Wildman–Crippen MR) is 69.7 cm³/mol. The van der Waals surface area contributed by atoms with Gasteiger partial charge < -0.3 is 0 Å². The maximum atomic E-state index is 5.10. The Morgan fingerprint density at radius 2 is 2.12 bits per heavy atom. The van der Waals surface area contributed by atoms with Crippen LogP contribution in [0.2, 0.25) is 0 Å². The third kappa shape index (κ3) is 1.63. The lowest BCUT2D eigenvalue weighted by atomic mass is 10.2. The summed E-state index contributed by atoms with van der Waals surface area (Å²) < 4.78 is 2.40. The van der Waals surface area contributed by atoms with E-state index in [0.717, 1.165) is 35.2 Å². The average molecular weight is 244 g/mol. The minimum Gasteiger partial charge on any atom is -0.265 e. The van der Waals surface area contributed by atoms with Crippen molar-refractivity contribution in [1.29, 1.82) is 0 Å². The maximum Gasteiger partial charge on any atom is 0.214 e. The Hall–Kier alpha value is -1.75. The van der Waals surface area contributed by atoms with Gasteiger partial charge in [0, 0.05) is 11.8 Å². The highest BCUT2D eigenvalue weighted by atomic mass is 32.1. The molecule has 0 saturated heterocycles. The molecule has 5 heteroatoms. The zero-order chi connectivity index (χ0) is 11.8. The number of rotatable bonds is 2. The molecule has 0 aliphatic rings. The zero-order valence-corrected chi connectivity index (χ0v) is 10.3. The van der Waals surface area contributed by atoms with Crippen LogP contribution in [0.5, 0.6) is 0 Å². The molecule has 1 aromatic carbocycles. The Labute approximate surface area is 103 Å². The number of nitrogens with one attached hydrogen (secondary N) is 1. The highest BCUT2D eigenvalue weighted by molar-refractivity contribution is 7.71. The van der Waals surface area contributed by atoms with Gasteiger partial charge in [0.15, 0.2) is 5.65 Å². The van der Waals surface area contributed by atoms with Crippen molar-refractivity contribution in [2.45, 2.75) is 19.8 Å². The van der Waals surface area contributed by atoms with E-state index in [1.165, 1.54) is 0 Å². The summed E-state index contributed by atoms with van der Waals surface area (Å²) in [5.74, 6) is 0.977. The molecule has 0 spiro atoms. The molecule has 86 valence electrons. The van der Waals surface area contributed by atoms with Gasteiger partial charge in [-0.3, -0.25) is 5.10 Å². The third-order valence-electron chi connectivity index (χ3n) is 2.75. The zero-order valence-electron chi connectivity index (χ0n) is 9.47. The molecule has 0 atom stereocenters. The van der Waals surface area contributed by atoms with Gasteiger partial charge in [-0.05, 0) is 30.8 Å². The van der Waals surface area contributed by atoms with Crippen LogP contribution in [0.15, 0.2) is 24.3 Å². The van der Waals surface area contributed by atoms with E-state index in [4.69, 9.17) is 12.2 Å². The van der Waals surface area contributed by atoms with Crippen LogP contribution in [0.25, 0.3) is 16.6 Å². The Morgan fingerprint density at radius 3 is 2.94 bits per heavy atom. The predicted octanol–water partition coefficient (Wildman–Crippen LogP) is 2.89. The molecular formula is C12H12N4S. The fourth-order valence-corrected chi connectivity index (χ4v) is 2.21. The smallest absolute Gasteiger partial charge is 0.214 e. The van der Waals surface area contributed by atoms with Gasteiger partial charge in [-0.1, -0.05) is 19.1 Å². The molecule has 1 N–H and O–H groups in total. The normalized spacial score (nSPS) is 11.4. The molecule has 0 amide bonds. The second-order valence-corrected chi connectivity index (χ2v) is 4.37. The molecule has 4 nitrogen and oxygen atoms in total. The number of benzene rings is 1. The number of H-pyrrole nitrogens is 1. The van der Waals surface area contributed by atoms with Crippen LogP contribution in [0.1, 0.15) is 19.2 Å². The second kappa shape index (κ2) is 3.92. The maximum absolute atomic E-state index is 5.10. The molecule has 0 aliphatic heterocycles. The van der Waals surface area contributed by atoms with Crippen molar-refractivity contribution in [3.63, 3.8) is 0 Å². The molecule has 2 heterocycles. The second-order valence-electron chi connectivity index (χ2n) is 3.98. The van der Waals surface area contributed by atoms with Gasteiger partial charge in [0.25, 0.3) is 0 Å². The van der Waals surface area contributed by atoms with Crippen LogP contribution in [0, 0.1) is 4.77 Å². The number of aromatic nitrogens is 4. The van der Waals surface area contributed by atoms with Gasteiger partial charge in [-0.2, -0.15) is 4.98 Å². The van der Waals surface area contributed by atoms with E-state index in [0.29, 0.717) is 4.77 Å². The first-order valence-corrected chi connectivity index (χ1v) is 6.07. The highest BCUT2D eigenvalue weighted by Gasteiger charge is 2.08. The van der Waals surface area contributed by atoms with Gasteiger partial charge >= 0.3 is 0 Å². The fraction of sp³-hybridized carbons (Fsp3) is 0.250. The van der Waals surface area contributed by atoms with Crippen molar-refractivity contribution in [3.05, 3.63) is 34.9 Å². The summed E-state index contributed by atoms with van der Waals surface area (Å²) in [4.78, 5) is 9.02. The molecule has 0 fully saturated rings. The standard InChI is InChI=1S/C12H12N4S/c1-2-5-10-13-9-7-4-3-6-8(9)11-14-12(17)15-16(10)11/h3-4,6-7H,2,5H2,1H3,(H,15,17). The summed E-state index contributed by atoms with van der Waals surface area (Å²) in [5.41, 5.74) is 1.83. The molecule has 0 unspecified atom stereocenters. The quantitative estimate of drug-likeness (QED) is 0.705. The molecule has 2 aromatic heterocycles. The third-order valence-corrected chi connectivity index (χ3v) is 2.94. The number of hydrogen-bond acceptors (Lipinski definition) is 3. The largest absolute Gasteiger partial charge is 0.265 e. The van der Waals surface area contributed by atoms with Gasteiger partial charge in [0.2, 0.25) is 4.77 Å². The SMILES string of the molecule is CCCc1nc2ccccc2c2nc(=S)[nH]n12. The van der Waals surface area contributed by atoms with Crippen molar-refractivity contribution >= 4 is 28.8 Å². The average Bonchev–Trinajstić information content (AvgIpc) is 2.72. The first-order valence-electron chi connectivity index (χ1n) is 5.66. The van der Waals surface area contributed by atoms with Gasteiger partial charge in [-0.15, -0.1) is 0 Å². The van der Waals surface area contributed by atoms with Crippen LogP contribution in [-0.2, 0) is 6.42 Å². The summed E-state index contributed by atoms with van der Waals surface area (Å²) in [6.45, 7) is 2.13. The first kappa shape index (κ1) is 10.4. The Morgan fingerprint density at radius 1 is 1.29 bits per heavy atom. The highest BCUT2D eigenvalue weighted by Crippen LogP contribution is 2.18. The van der Waals surface area contributed by atoms with Crippen molar-refractivity contribution in [2.75, 3.05) is 0 Å². The van der Waals surface area contributed by atoms with Crippen molar-refractivity contribution in [3.8, 4) is 0 Å². The summed E-state index contributed by atoms with van der Waals surface area (Å²) in [6, 6.07) is 8.00. The Bertz CT molecular complexity index is 741. The molecule has 3 rings (SSSR count). The summed E-state index contributed by atoms with van der Waals surface area (Å²) in [6.07, 6.45) is 1.95. The minimum atomic E-state index is 0.500. The molecule has 0 radical (unpaired) electrons. The van der Waals surface area contributed by atoms with Gasteiger partial charge in [0.1, 0.15) is 5.82 Å². The number of hydrogen-bond donors (Lipinski definition) is 1. The summed E-state index contributed by atoms with van der Waals surface area (Å²) in [7, 11) is 0. The number of fused-ring (bicyclic) bond motifs is 3. The van der Waals surface area contributed by atoms with E-state index < -0.39 is 0 Å². The lowest BCUT2D eigenvalue weighted by Gasteiger charge is -2.05. The lowest BCUT2D eigenvalue weighted by Crippen LogP contribution is -2.03. The van der Waals surface area contributed by atoms with Crippen LogP contribution in [0.4, 0.5) is 0 Å². The van der Waals surface area contributed by atoms with Crippen LogP contribution < -0.4 is 0 Å². The Kier molecular flexibility index (Phi) is 2.40. The molecule has 3 aromatic rings. The van der Waals surface area contributed by atoms with Gasteiger partial charge in [-0.25, -0.2) is 9.50 Å². The minimum absolute atomic E-state index is 0.500. The summed E-state index contributed by atoms with van der Waals surface area (Å²) in [5, 5.41) is 4.09.